The van der Waals surface area contributed by atoms with Crippen molar-refractivity contribution in [2.45, 2.75) is 24.4 Å². The van der Waals surface area contributed by atoms with Gasteiger partial charge in [0.05, 0.1) is 12.2 Å². The molecule has 30 heavy (non-hydrogen) atoms. The Hall–Kier alpha value is -0.990. The highest BCUT2D eigenvalue weighted by Crippen LogP contribution is 2.66. The van der Waals surface area contributed by atoms with E-state index in [0.29, 0.717) is 6.66 Å². The van der Waals surface area contributed by atoms with Gasteiger partial charge < -0.3 is 34.2 Å². The zero-order chi connectivity index (χ0) is 23.1. The van der Waals surface area contributed by atoms with Crippen LogP contribution in [0, 0.1) is 0 Å². The van der Waals surface area contributed by atoms with Crippen molar-refractivity contribution in [2.75, 3.05) is 13.3 Å². The van der Waals surface area contributed by atoms with Crippen LogP contribution in [0.5, 0.6) is 0 Å². The van der Waals surface area contributed by atoms with Crippen LogP contribution in [0.15, 0.2) is 15.8 Å². The summed E-state index contributed by atoms with van der Waals surface area (Å²) in [6, 6.07) is 0. The number of aromatic nitrogens is 2. The van der Waals surface area contributed by atoms with Crippen molar-refractivity contribution in [3.63, 3.8) is 0 Å². The molecular weight excluding hydrogens is 477 g/mol. The maximum Gasteiger partial charge on any atom is 0.488 e. The van der Waals surface area contributed by atoms with E-state index in [0.717, 1.165) is 10.8 Å². The summed E-state index contributed by atoms with van der Waals surface area (Å²) in [5.74, 6) is 0. The fourth-order valence-electron chi connectivity index (χ4n) is 2.46. The lowest BCUT2D eigenvalue weighted by Crippen LogP contribution is -2.35. The molecule has 0 radical (unpaired) electrons. The number of rotatable bonds is 8. The molecule has 2 heterocycles. The van der Waals surface area contributed by atoms with Crippen LogP contribution < -0.4 is 11.2 Å². The van der Waals surface area contributed by atoms with E-state index in [-0.39, 0.29) is 5.56 Å². The molecule has 5 unspecified atom stereocenters. The number of nitrogens with one attached hydrogen (secondary N) is 1. The first kappa shape index (κ1) is 25.3. The smallest absolute Gasteiger partial charge is 0.387 e. The summed E-state index contributed by atoms with van der Waals surface area (Å²) in [6.45, 7) is -0.456. The van der Waals surface area contributed by atoms with Gasteiger partial charge in [0.2, 0.25) is 0 Å². The first-order chi connectivity index (χ1) is 13.5. The quantitative estimate of drug-likeness (QED) is 0.220. The molecule has 16 nitrogen and oxygen atoms in total. The van der Waals surface area contributed by atoms with Crippen molar-refractivity contribution < 1.29 is 56.5 Å². The first-order valence-electron chi connectivity index (χ1n) is 7.86. The molecule has 1 saturated heterocycles. The van der Waals surface area contributed by atoms with Crippen LogP contribution in [0.3, 0.4) is 0 Å². The highest BCUT2D eigenvalue weighted by Gasteiger charge is 2.46. The van der Waals surface area contributed by atoms with Gasteiger partial charge in [-0.05, 0) is 0 Å². The molecule has 1 fully saturated rings. The second kappa shape index (κ2) is 8.87. The van der Waals surface area contributed by atoms with Crippen LogP contribution in [0.25, 0.3) is 0 Å². The number of aliphatic hydroxyl groups is 2. The van der Waals surface area contributed by atoms with Crippen LogP contribution in [0.4, 0.5) is 0 Å². The van der Waals surface area contributed by atoms with Crippen LogP contribution >= 0.6 is 23.2 Å². The number of aryl methyl sites for hydroxylation is 1. The molecule has 0 aliphatic carbocycles. The van der Waals surface area contributed by atoms with E-state index in [4.69, 9.17) is 9.63 Å². The van der Waals surface area contributed by atoms with E-state index < -0.39 is 65.5 Å². The molecule has 0 bridgehead atoms. The molecule has 0 aromatic carbocycles. The molecule has 0 spiro atoms. The monoisotopic (exact) mass is 496 g/mol. The third-order valence-corrected chi connectivity index (χ3v) is 7.83. The summed E-state index contributed by atoms with van der Waals surface area (Å²) < 4.78 is 52.5. The van der Waals surface area contributed by atoms with Crippen LogP contribution in [0.1, 0.15) is 11.7 Å². The van der Waals surface area contributed by atoms with Crippen molar-refractivity contribution in [3.8, 4) is 0 Å². The molecular formula is C11H19N2O14P3. The van der Waals surface area contributed by atoms with Crippen LogP contribution in [-0.4, -0.2) is 66.0 Å². The van der Waals surface area contributed by atoms with Gasteiger partial charge in [-0.1, -0.05) is 0 Å². The zero-order valence-corrected chi connectivity index (χ0v) is 18.0. The third-order valence-electron chi connectivity index (χ3n) is 3.67. The average Bonchev–Trinajstić information content (AvgIpc) is 2.81. The van der Waals surface area contributed by atoms with E-state index in [1.54, 1.807) is 0 Å². The number of H-pyrrole nitrogens is 1. The van der Waals surface area contributed by atoms with E-state index >= 15 is 0 Å². The van der Waals surface area contributed by atoms with Crippen molar-refractivity contribution in [1.82, 2.24) is 9.55 Å². The second-order valence-corrected chi connectivity index (χ2v) is 11.3. The van der Waals surface area contributed by atoms with Gasteiger partial charge in [-0.15, -0.1) is 0 Å². The fourth-order valence-corrected chi connectivity index (χ4v) is 5.94. The third kappa shape index (κ3) is 6.50. The number of aromatic amines is 1. The van der Waals surface area contributed by atoms with Gasteiger partial charge >= 0.3 is 28.9 Å². The number of phosphoric acid groups is 2. The Kier molecular flexibility index (Phi) is 7.47. The van der Waals surface area contributed by atoms with Crippen LogP contribution in [0.2, 0.25) is 0 Å². The molecule has 6 N–H and O–H groups in total. The van der Waals surface area contributed by atoms with Gasteiger partial charge in [-0.25, -0.2) is 18.2 Å². The van der Waals surface area contributed by atoms with Crippen molar-refractivity contribution >= 4 is 23.2 Å². The normalized spacial score (nSPS) is 30.4. The van der Waals surface area contributed by atoms with Gasteiger partial charge in [0.1, 0.15) is 24.4 Å². The van der Waals surface area contributed by atoms with Gasteiger partial charge in [-0.2, -0.15) is 4.31 Å². The second-order valence-electron chi connectivity index (χ2n) is 6.23. The molecule has 19 heteroatoms. The summed E-state index contributed by atoms with van der Waals surface area (Å²) in [7, 11) is -14.1. The Balaban J connectivity index is 2.09. The number of hydrogen-bond acceptors (Lipinski definition) is 11. The summed E-state index contributed by atoms with van der Waals surface area (Å²) in [5, 5.41) is 20.2. The highest BCUT2D eigenvalue weighted by atomic mass is 31.3. The van der Waals surface area contributed by atoms with Gasteiger partial charge in [0.25, 0.3) is 5.56 Å². The minimum absolute atomic E-state index is 0.232. The molecule has 7 atom stereocenters. The molecule has 2 rings (SSSR count). The minimum atomic E-state index is -5.48. The summed E-state index contributed by atoms with van der Waals surface area (Å²) in [6.07, 6.45) is -5.35. The largest absolute Gasteiger partial charge is 0.488 e. The predicted molar refractivity (Wildman–Crippen MR) is 95.5 cm³/mol. The predicted octanol–water partition coefficient (Wildman–Crippen LogP) is -1.70. The summed E-state index contributed by atoms with van der Waals surface area (Å²) >= 11 is 0. The lowest BCUT2D eigenvalue weighted by molar-refractivity contribution is -0.0228. The number of aliphatic hydroxyl groups excluding tert-OH is 2. The molecule has 1 aliphatic rings. The zero-order valence-electron chi connectivity index (χ0n) is 15.3. The lowest BCUT2D eigenvalue weighted by Gasteiger charge is -2.19. The highest BCUT2D eigenvalue weighted by molar-refractivity contribution is 7.68. The first-order valence-corrected chi connectivity index (χ1v) is 12.9. The summed E-state index contributed by atoms with van der Waals surface area (Å²) in [4.78, 5) is 52.9. The molecule has 172 valence electrons. The van der Waals surface area contributed by atoms with Crippen LogP contribution in [-0.2, 0) is 38.6 Å². The summed E-state index contributed by atoms with van der Waals surface area (Å²) in [5.41, 5.74) is -1.88. The van der Waals surface area contributed by atoms with E-state index in [1.165, 1.54) is 7.05 Å². The van der Waals surface area contributed by atoms with E-state index in [1.807, 2.05) is 4.98 Å². The van der Waals surface area contributed by atoms with E-state index in [2.05, 4.69) is 13.1 Å². The van der Waals surface area contributed by atoms with Crippen molar-refractivity contribution in [3.05, 3.63) is 32.6 Å². The van der Waals surface area contributed by atoms with Gasteiger partial charge in [-0.3, -0.25) is 18.9 Å². The molecule has 1 aliphatic heterocycles. The maximum absolute atomic E-state index is 11.9. The maximum atomic E-state index is 11.9. The topological polar surface area (TPSA) is 244 Å². The molecule has 0 saturated carbocycles. The Bertz CT molecular complexity index is 1040. The Morgan fingerprint density at radius 3 is 2.27 bits per heavy atom. The molecule has 1 aromatic heterocycles. The average molecular weight is 496 g/mol. The fraction of sp³-hybridized carbons (Fsp3) is 0.636. The Morgan fingerprint density at radius 2 is 1.70 bits per heavy atom. The molecule has 0 amide bonds. The van der Waals surface area contributed by atoms with Gasteiger partial charge in [0, 0.05) is 19.9 Å². The number of phosphoric ester groups is 1. The lowest BCUT2D eigenvalue weighted by atomic mass is 10.0. The SMILES string of the molecule is Cn1cc([C@@H]2O[C@H](COP(=O)(O)OP(=O)(O)OP(C)(=O)O)C(O)C2O)c(=O)[nH]c1=O. The molecule has 1 aromatic rings. The minimum Gasteiger partial charge on any atom is -0.387 e. The number of nitrogens with zero attached hydrogens (tertiary/aromatic N) is 1. The number of hydrogen-bond donors (Lipinski definition) is 6. The van der Waals surface area contributed by atoms with E-state index in [9.17, 15) is 43.3 Å². The van der Waals surface area contributed by atoms with Crippen molar-refractivity contribution in [1.29, 1.82) is 0 Å². The van der Waals surface area contributed by atoms with Gasteiger partial charge in [0.15, 0.2) is 0 Å². The number of ether oxygens (including phenoxy) is 1. The van der Waals surface area contributed by atoms with Crippen molar-refractivity contribution in [2.24, 2.45) is 7.05 Å². The standard InChI is InChI=1S/C11H19N2O14P3/c1-13-3-5(10(16)12-11(13)17)9-8(15)7(14)6(25-9)4-24-29(20,21)27-30(22,23)26-28(2,18)19/h3,6-9,14-15H,4H2,1-2H3,(H,18,19)(H,20,21)(H,22,23)(H,12,16,17)/t6-,7?,8?,9+/m1/s1. The Labute approximate surface area is 167 Å². The Morgan fingerprint density at radius 1 is 1.10 bits per heavy atom.